The zero-order chi connectivity index (χ0) is 15.1. The number of carbonyl (C=O) groups is 1. The van der Waals surface area contributed by atoms with Gasteiger partial charge in [-0.15, -0.1) is 0 Å². The highest BCUT2D eigenvalue weighted by Gasteiger charge is 2.06. The van der Waals surface area contributed by atoms with E-state index in [2.05, 4.69) is 0 Å². The number of halogens is 1. The molecule has 2 N–H and O–H groups in total. The van der Waals surface area contributed by atoms with Crippen LogP contribution in [-0.2, 0) is 11.2 Å². The third-order valence-electron chi connectivity index (χ3n) is 2.85. The highest BCUT2D eigenvalue weighted by atomic mass is 35.5. The number of ether oxygens (including phenoxy) is 1. The Morgan fingerprint density at radius 2 is 2.15 bits per heavy atom. The predicted octanol–water partition coefficient (Wildman–Crippen LogP) is 2.48. The third-order valence-corrected chi connectivity index (χ3v) is 3.14. The summed E-state index contributed by atoms with van der Waals surface area (Å²) in [7, 11) is 3.49. The first-order chi connectivity index (χ1) is 9.40. The molecule has 0 heterocycles. The van der Waals surface area contributed by atoms with Crippen LogP contribution in [0.2, 0.25) is 5.02 Å². The van der Waals surface area contributed by atoms with Crippen LogP contribution in [0.5, 0.6) is 5.75 Å². The van der Waals surface area contributed by atoms with E-state index in [1.165, 1.54) is 0 Å². The van der Waals surface area contributed by atoms with Gasteiger partial charge in [-0.05, 0) is 37.5 Å². The van der Waals surface area contributed by atoms with Gasteiger partial charge >= 0.3 is 0 Å². The van der Waals surface area contributed by atoms with Crippen molar-refractivity contribution in [3.8, 4) is 5.75 Å². The van der Waals surface area contributed by atoms with Crippen LogP contribution in [0.25, 0.3) is 0 Å². The SMILES string of the molecule is CC(N)Cc1ccc(OCCCC(=O)N(C)C)c(Cl)c1. The Morgan fingerprint density at radius 1 is 1.45 bits per heavy atom. The van der Waals surface area contributed by atoms with E-state index >= 15 is 0 Å². The molecule has 0 aliphatic carbocycles. The van der Waals surface area contributed by atoms with Crippen LogP contribution in [0.3, 0.4) is 0 Å². The first-order valence-electron chi connectivity index (χ1n) is 6.77. The van der Waals surface area contributed by atoms with E-state index in [1.54, 1.807) is 19.0 Å². The zero-order valence-electron chi connectivity index (χ0n) is 12.4. The molecule has 20 heavy (non-hydrogen) atoms. The van der Waals surface area contributed by atoms with Gasteiger partial charge in [-0.1, -0.05) is 17.7 Å². The highest BCUT2D eigenvalue weighted by molar-refractivity contribution is 6.32. The van der Waals surface area contributed by atoms with Gasteiger partial charge in [-0.3, -0.25) is 4.79 Å². The lowest BCUT2D eigenvalue weighted by atomic mass is 10.1. The molecule has 5 heteroatoms. The molecule has 4 nitrogen and oxygen atoms in total. The monoisotopic (exact) mass is 298 g/mol. The lowest BCUT2D eigenvalue weighted by Gasteiger charge is -2.12. The molecule has 1 atom stereocenters. The molecule has 1 amide bonds. The number of benzene rings is 1. The van der Waals surface area contributed by atoms with Gasteiger partial charge in [0.2, 0.25) is 5.91 Å². The molecule has 112 valence electrons. The van der Waals surface area contributed by atoms with Gasteiger partial charge in [0.25, 0.3) is 0 Å². The van der Waals surface area contributed by atoms with E-state index in [1.807, 2.05) is 25.1 Å². The first kappa shape index (κ1) is 16.8. The maximum absolute atomic E-state index is 11.4. The summed E-state index contributed by atoms with van der Waals surface area (Å²) in [6.45, 7) is 2.44. The van der Waals surface area contributed by atoms with Crippen LogP contribution in [0.4, 0.5) is 0 Å². The maximum Gasteiger partial charge on any atom is 0.222 e. The summed E-state index contributed by atoms with van der Waals surface area (Å²) in [5.41, 5.74) is 6.85. The van der Waals surface area contributed by atoms with E-state index in [0.717, 1.165) is 12.0 Å². The fourth-order valence-corrected chi connectivity index (χ4v) is 2.05. The van der Waals surface area contributed by atoms with Gasteiger partial charge in [0.1, 0.15) is 5.75 Å². The average Bonchev–Trinajstić information content (AvgIpc) is 2.35. The minimum Gasteiger partial charge on any atom is -0.492 e. The van der Waals surface area contributed by atoms with Crippen molar-refractivity contribution in [1.82, 2.24) is 4.90 Å². The Morgan fingerprint density at radius 3 is 2.70 bits per heavy atom. The Labute approximate surface area is 125 Å². The van der Waals surface area contributed by atoms with Crippen LogP contribution in [-0.4, -0.2) is 37.6 Å². The number of amides is 1. The van der Waals surface area contributed by atoms with E-state index < -0.39 is 0 Å². The molecule has 1 unspecified atom stereocenters. The van der Waals surface area contributed by atoms with Crippen LogP contribution in [0.15, 0.2) is 18.2 Å². The molecule has 0 saturated heterocycles. The molecular weight excluding hydrogens is 276 g/mol. The van der Waals surface area contributed by atoms with Crippen molar-refractivity contribution in [2.75, 3.05) is 20.7 Å². The van der Waals surface area contributed by atoms with E-state index in [4.69, 9.17) is 22.1 Å². The van der Waals surface area contributed by atoms with Crippen LogP contribution in [0, 0.1) is 0 Å². The summed E-state index contributed by atoms with van der Waals surface area (Å²) in [6.07, 6.45) is 1.94. The van der Waals surface area contributed by atoms with Gasteiger partial charge in [-0.2, -0.15) is 0 Å². The molecule has 0 aliphatic heterocycles. The van der Waals surface area contributed by atoms with E-state index in [-0.39, 0.29) is 11.9 Å². The number of hydrogen-bond donors (Lipinski definition) is 1. The highest BCUT2D eigenvalue weighted by Crippen LogP contribution is 2.26. The third kappa shape index (κ3) is 5.80. The zero-order valence-corrected chi connectivity index (χ0v) is 13.1. The van der Waals surface area contributed by atoms with E-state index in [0.29, 0.717) is 30.2 Å². The van der Waals surface area contributed by atoms with Gasteiger partial charge in [-0.25, -0.2) is 0 Å². The maximum atomic E-state index is 11.4. The van der Waals surface area contributed by atoms with Crippen LogP contribution in [0.1, 0.15) is 25.3 Å². The van der Waals surface area contributed by atoms with Crippen molar-refractivity contribution in [2.24, 2.45) is 5.73 Å². The number of hydrogen-bond acceptors (Lipinski definition) is 3. The molecule has 0 aromatic heterocycles. The van der Waals surface area contributed by atoms with Crippen LogP contribution < -0.4 is 10.5 Å². The minimum atomic E-state index is 0.104. The Balaban J connectivity index is 2.43. The predicted molar refractivity (Wildman–Crippen MR) is 82.2 cm³/mol. The lowest BCUT2D eigenvalue weighted by molar-refractivity contribution is -0.128. The van der Waals surface area contributed by atoms with Crippen molar-refractivity contribution in [3.05, 3.63) is 28.8 Å². The Hall–Kier alpha value is -1.26. The quantitative estimate of drug-likeness (QED) is 0.787. The van der Waals surface area contributed by atoms with E-state index in [9.17, 15) is 4.79 Å². The molecule has 0 aliphatic rings. The molecule has 0 spiro atoms. The second kappa shape index (κ2) is 8.12. The summed E-state index contributed by atoms with van der Waals surface area (Å²) in [4.78, 5) is 13.0. The van der Waals surface area contributed by atoms with Gasteiger partial charge in [0.05, 0.1) is 11.6 Å². The normalized spacial score (nSPS) is 12.1. The van der Waals surface area contributed by atoms with Crippen molar-refractivity contribution < 1.29 is 9.53 Å². The average molecular weight is 299 g/mol. The van der Waals surface area contributed by atoms with Crippen LogP contribution >= 0.6 is 11.6 Å². The minimum absolute atomic E-state index is 0.104. The summed E-state index contributed by atoms with van der Waals surface area (Å²) >= 11 is 6.16. The second-order valence-corrected chi connectivity index (χ2v) is 5.59. The number of rotatable bonds is 7. The van der Waals surface area contributed by atoms with Crippen molar-refractivity contribution in [3.63, 3.8) is 0 Å². The van der Waals surface area contributed by atoms with Crippen molar-refractivity contribution in [2.45, 2.75) is 32.2 Å². The molecule has 0 fully saturated rings. The number of nitrogens with zero attached hydrogens (tertiary/aromatic N) is 1. The molecule has 1 aromatic rings. The molecule has 1 rings (SSSR count). The fourth-order valence-electron chi connectivity index (χ4n) is 1.79. The largest absolute Gasteiger partial charge is 0.492 e. The molecule has 1 aromatic carbocycles. The molecule has 0 bridgehead atoms. The van der Waals surface area contributed by atoms with Gasteiger partial charge in [0.15, 0.2) is 0 Å². The number of nitrogens with two attached hydrogens (primary N) is 1. The fraction of sp³-hybridized carbons (Fsp3) is 0.533. The summed E-state index contributed by atoms with van der Waals surface area (Å²) in [6, 6.07) is 5.81. The second-order valence-electron chi connectivity index (χ2n) is 5.19. The van der Waals surface area contributed by atoms with Crippen molar-refractivity contribution in [1.29, 1.82) is 0 Å². The van der Waals surface area contributed by atoms with Gasteiger partial charge in [0, 0.05) is 26.6 Å². The smallest absolute Gasteiger partial charge is 0.222 e. The number of carbonyl (C=O) groups excluding carboxylic acids is 1. The summed E-state index contributed by atoms with van der Waals surface area (Å²) in [5, 5.41) is 0.585. The molecular formula is C15H23ClN2O2. The van der Waals surface area contributed by atoms with Gasteiger partial charge < -0.3 is 15.4 Å². The Kier molecular flexibility index (Phi) is 6.82. The molecule has 0 radical (unpaired) electrons. The molecule has 0 saturated carbocycles. The lowest BCUT2D eigenvalue weighted by Crippen LogP contribution is -2.21. The standard InChI is InChI=1S/C15H23ClN2O2/c1-11(17)9-12-6-7-14(13(16)10-12)20-8-4-5-15(19)18(2)3/h6-7,10-11H,4-5,8-9,17H2,1-3H3. The Bertz CT molecular complexity index is 447. The summed E-state index contributed by atoms with van der Waals surface area (Å²) in [5.74, 6) is 0.754. The first-order valence-corrected chi connectivity index (χ1v) is 7.15. The van der Waals surface area contributed by atoms with Crippen molar-refractivity contribution >= 4 is 17.5 Å². The summed E-state index contributed by atoms with van der Waals surface area (Å²) < 4.78 is 5.59. The topological polar surface area (TPSA) is 55.6 Å².